The van der Waals surface area contributed by atoms with Gasteiger partial charge in [0.1, 0.15) is 5.69 Å². The molecule has 1 aliphatic heterocycles. The summed E-state index contributed by atoms with van der Waals surface area (Å²) in [6.45, 7) is 3.38. The van der Waals surface area contributed by atoms with Crippen molar-refractivity contribution < 1.29 is 14.5 Å². The number of hydrogen-bond acceptors (Lipinski definition) is 5. The topological polar surface area (TPSA) is 93.5 Å². The van der Waals surface area contributed by atoms with E-state index in [-0.39, 0.29) is 23.2 Å². The minimum atomic E-state index is -0.480. The Balaban J connectivity index is 2.21. The van der Waals surface area contributed by atoms with E-state index < -0.39 is 4.92 Å². The van der Waals surface area contributed by atoms with Gasteiger partial charge in [-0.05, 0) is 25.5 Å². The number of hydrogen-bond donors (Lipinski definition) is 2. The first-order valence-electron chi connectivity index (χ1n) is 6.87. The lowest BCUT2D eigenvalue weighted by Crippen LogP contribution is -2.26. The summed E-state index contributed by atoms with van der Waals surface area (Å²) in [6, 6.07) is 4.51. The van der Waals surface area contributed by atoms with Crippen molar-refractivity contribution in [1.82, 2.24) is 5.32 Å². The van der Waals surface area contributed by atoms with Gasteiger partial charge in [-0.15, -0.1) is 0 Å². The standard InChI is InChI=1S/C14H19N3O4/c1-9(11-5-6-21-8-11)16-12-4-3-10(14(18)15-2)7-13(12)17(19)20/h3-4,7,9,11,16H,5-6,8H2,1-2H3,(H,15,18). The van der Waals surface area contributed by atoms with Gasteiger partial charge >= 0.3 is 0 Å². The maximum atomic E-state index is 11.6. The predicted molar refractivity (Wildman–Crippen MR) is 78.5 cm³/mol. The minimum Gasteiger partial charge on any atom is -0.381 e. The fourth-order valence-corrected chi connectivity index (χ4v) is 2.40. The van der Waals surface area contributed by atoms with Crippen LogP contribution in [-0.2, 0) is 4.74 Å². The lowest BCUT2D eigenvalue weighted by molar-refractivity contribution is -0.384. The summed E-state index contributed by atoms with van der Waals surface area (Å²) in [5, 5.41) is 16.8. The van der Waals surface area contributed by atoms with Crippen LogP contribution < -0.4 is 10.6 Å². The smallest absolute Gasteiger partial charge is 0.293 e. The molecule has 1 aromatic rings. The number of amides is 1. The molecule has 2 atom stereocenters. The second kappa shape index (κ2) is 6.53. The van der Waals surface area contributed by atoms with Gasteiger partial charge in [0.05, 0.1) is 11.5 Å². The van der Waals surface area contributed by atoms with Crippen LogP contribution in [0, 0.1) is 16.0 Å². The molecule has 1 aliphatic rings. The van der Waals surface area contributed by atoms with Crippen molar-refractivity contribution in [2.75, 3.05) is 25.6 Å². The second-order valence-corrected chi connectivity index (χ2v) is 5.12. The zero-order valence-corrected chi connectivity index (χ0v) is 12.1. The van der Waals surface area contributed by atoms with E-state index in [9.17, 15) is 14.9 Å². The highest BCUT2D eigenvalue weighted by molar-refractivity contribution is 5.95. The third-order valence-corrected chi connectivity index (χ3v) is 3.74. The molecule has 7 nitrogen and oxygen atoms in total. The summed E-state index contributed by atoms with van der Waals surface area (Å²) in [5.41, 5.74) is 0.598. The van der Waals surface area contributed by atoms with E-state index in [1.54, 1.807) is 12.1 Å². The molecular formula is C14H19N3O4. The maximum Gasteiger partial charge on any atom is 0.293 e. The maximum absolute atomic E-state index is 11.6. The highest BCUT2D eigenvalue weighted by Gasteiger charge is 2.25. The van der Waals surface area contributed by atoms with E-state index in [1.165, 1.54) is 13.1 Å². The number of anilines is 1. The Morgan fingerprint density at radius 1 is 1.52 bits per heavy atom. The number of nitrogens with zero attached hydrogens (tertiary/aromatic N) is 1. The number of carbonyl (C=O) groups is 1. The molecule has 0 radical (unpaired) electrons. The normalized spacial score (nSPS) is 19.0. The van der Waals surface area contributed by atoms with Gasteiger partial charge in [-0.1, -0.05) is 0 Å². The van der Waals surface area contributed by atoms with Crippen molar-refractivity contribution in [1.29, 1.82) is 0 Å². The average molecular weight is 293 g/mol. The van der Waals surface area contributed by atoms with Gasteiger partial charge < -0.3 is 15.4 Å². The zero-order valence-electron chi connectivity index (χ0n) is 12.1. The fourth-order valence-electron chi connectivity index (χ4n) is 2.40. The fraction of sp³-hybridized carbons (Fsp3) is 0.500. The van der Waals surface area contributed by atoms with Crippen molar-refractivity contribution in [2.45, 2.75) is 19.4 Å². The van der Waals surface area contributed by atoms with Crippen LogP contribution in [0.5, 0.6) is 0 Å². The van der Waals surface area contributed by atoms with Crippen molar-refractivity contribution >= 4 is 17.3 Å². The summed E-state index contributed by atoms with van der Waals surface area (Å²) >= 11 is 0. The number of rotatable bonds is 5. The highest BCUT2D eigenvalue weighted by atomic mass is 16.6. The van der Waals surface area contributed by atoms with Gasteiger partial charge in [0, 0.05) is 37.2 Å². The number of ether oxygens (including phenoxy) is 1. The molecule has 0 saturated carbocycles. The van der Waals surface area contributed by atoms with E-state index in [1.807, 2.05) is 6.92 Å². The molecule has 0 aliphatic carbocycles. The molecule has 0 aromatic heterocycles. The van der Waals surface area contributed by atoms with Gasteiger partial charge in [-0.25, -0.2) is 0 Å². The lowest BCUT2D eigenvalue weighted by atomic mass is 10.00. The van der Waals surface area contributed by atoms with Crippen LogP contribution in [0.1, 0.15) is 23.7 Å². The van der Waals surface area contributed by atoms with Crippen LogP contribution in [0.2, 0.25) is 0 Å². The molecule has 1 saturated heterocycles. The summed E-state index contributed by atoms with van der Waals surface area (Å²) in [5.74, 6) is -0.00916. The van der Waals surface area contributed by atoms with E-state index in [4.69, 9.17) is 4.74 Å². The summed E-state index contributed by atoms with van der Waals surface area (Å²) in [4.78, 5) is 22.3. The van der Waals surface area contributed by atoms with Gasteiger partial charge in [0.15, 0.2) is 0 Å². The van der Waals surface area contributed by atoms with Crippen LogP contribution in [0.25, 0.3) is 0 Å². The lowest BCUT2D eigenvalue weighted by Gasteiger charge is -2.20. The average Bonchev–Trinajstić information content (AvgIpc) is 3.00. The SMILES string of the molecule is CNC(=O)c1ccc(NC(C)C2CCOC2)c([N+](=O)[O-])c1. The summed E-state index contributed by atoms with van der Waals surface area (Å²) in [7, 11) is 1.49. The van der Waals surface area contributed by atoms with Crippen molar-refractivity contribution in [3.63, 3.8) is 0 Å². The van der Waals surface area contributed by atoms with E-state index in [0.717, 1.165) is 13.0 Å². The van der Waals surface area contributed by atoms with Crippen molar-refractivity contribution in [3.8, 4) is 0 Å². The Hall–Kier alpha value is -2.15. The monoisotopic (exact) mass is 293 g/mol. The minimum absolute atomic E-state index is 0.0667. The molecule has 2 unspecified atom stereocenters. The predicted octanol–water partition coefficient (Wildman–Crippen LogP) is 1.79. The van der Waals surface area contributed by atoms with Crippen LogP contribution >= 0.6 is 0 Å². The molecule has 2 rings (SSSR count). The van der Waals surface area contributed by atoms with Gasteiger partial charge in [0.25, 0.3) is 11.6 Å². The Labute approximate surface area is 122 Å². The first-order valence-corrected chi connectivity index (χ1v) is 6.87. The quantitative estimate of drug-likeness (QED) is 0.637. The number of benzene rings is 1. The molecule has 1 fully saturated rings. The molecule has 2 N–H and O–H groups in total. The van der Waals surface area contributed by atoms with Crippen LogP contribution in [-0.4, -0.2) is 37.1 Å². The molecule has 7 heteroatoms. The Kier molecular flexibility index (Phi) is 4.74. The van der Waals surface area contributed by atoms with E-state index in [0.29, 0.717) is 18.2 Å². The largest absolute Gasteiger partial charge is 0.381 e. The number of nitrogens with one attached hydrogen (secondary N) is 2. The Morgan fingerprint density at radius 3 is 2.86 bits per heavy atom. The molecule has 0 bridgehead atoms. The summed E-state index contributed by atoms with van der Waals surface area (Å²) in [6.07, 6.45) is 0.943. The van der Waals surface area contributed by atoms with Gasteiger partial charge in [-0.2, -0.15) is 0 Å². The van der Waals surface area contributed by atoms with E-state index in [2.05, 4.69) is 10.6 Å². The van der Waals surface area contributed by atoms with Crippen molar-refractivity contribution in [2.24, 2.45) is 5.92 Å². The number of carbonyl (C=O) groups excluding carboxylic acids is 1. The van der Waals surface area contributed by atoms with Gasteiger partial charge in [0.2, 0.25) is 0 Å². The molecular weight excluding hydrogens is 274 g/mol. The van der Waals surface area contributed by atoms with Crippen LogP contribution in [0.15, 0.2) is 18.2 Å². The molecule has 1 heterocycles. The molecule has 114 valence electrons. The first kappa shape index (κ1) is 15.2. The van der Waals surface area contributed by atoms with Crippen LogP contribution in [0.3, 0.4) is 0 Å². The second-order valence-electron chi connectivity index (χ2n) is 5.12. The molecule has 1 aromatic carbocycles. The van der Waals surface area contributed by atoms with Gasteiger partial charge in [-0.3, -0.25) is 14.9 Å². The summed E-state index contributed by atoms with van der Waals surface area (Å²) < 4.78 is 5.33. The Bertz CT molecular complexity index is 541. The Morgan fingerprint density at radius 2 is 2.29 bits per heavy atom. The zero-order chi connectivity index (χ0) is 15.4. The third kappa shape index (κ3) is 3.49. The number of nitro benzene ring substituents is 1. The molecule has 0 spiro atoms. The third-order valence-electron chi connectivity index (χ3n) is 3.74. The highest BCUT2D eigenvalue weighted by Crippen LogP contribution is 2.28. The molecule has 1 amide bonds. The van der Waals surface area contributed by atoms with Crippen molar-refractivity contribution in [3.05, 3.63) is 33.9 Å². The number of nitro groups is 1. The molecule has 21 heavy (non-hydrogen) atoms. The first-order chi connectivity index (χ1) is 10.0. The van der Waals surface area contributed by atoms with E-state index >= 15 is 0 Å². The van der Waals surface area contributed by atoms with Crippen LogP contribution in [0.4, 0.5) is 11.4 Å².